The normalized spacial score (nSPS) is 21.0. The third kappa shape index (κ3) is 4.65. The van der Waals surface area contributed by atoms with Crippen LogP contribution in [0.4, 0.5) is 0 Å². The van der Waals surface area contributed by atoms with Crippen molar-refractivity contribution in [3.63, 3.8) is 0 Å². The van der Waals surface area contributed by atoms with Gasteiger partial charge in [-0.3, -0.25) is 0 Å². The summed E-state index contributed by atoms with van der Waals surface area (Å²) in [7, 11) is 0. The van der Waals surface area contributed by atoms with Crippen LogP contribution >= 0.6 is 0 Å². The van der Waals surface area contributed by atoms with E-state index in [4.69, 9.17) is 9.47 Å². The van der Waals surface area contributed by atoms with Gasteiger partial charge < -0.3 is 14.5 Å². The number of benzene rings is 2. The van der Waals surface area contributed by atoms with E-state index in [2.05, 4.69) is 70.6 Å². The van der Waals surface area contributed by atoms with Gasteiger partial charge in [0.1, 0.15) is 5.82 Å². The molecule has 2 heterocycles. The van der Waals surface area contributed by atoms with E-state index in [1.54, 1.807) is 0 Å². The molecule has 0 bridgehead atoms. The fourth-order valence-corrected chi connectivity index (χ4v) is 3.99. The Balaban J connectivity index is 1.59. The Bertz CT molecular complexity index is 797. The molecule has 1 aliphatic heterocycles. The monoisotopic (exact) mass is 362 g/mol. The van der Waals surface area contributed by atoms with E-state index in [1.807, 2.05) is 12.4 Å². The predicted molar refractivity (Wildman–Crippen MR) is 106 cm³/mol. The van der Waals surface area contributed by atoms with Crippen molar-refractivity contribution in [2.24, 2.45) is 0 Å². The van der Waals surface area contributed by atoms with E-state index in [0.717, 1.165) is 25.1 Å². The van der Waals surface area contributed by atoms with Crippen LogP contribution in [0.5, 0.6) is 0 Å². The van der Waals surface area contributed by atoms with Gasteiger partial charge in [-0.25, -0.2) is 4.98 Å². The molecule has 0 radical (unpaired) electrons. The zero-order valence-corrected chi connectivity index (χ0v) is 15.5. The summed E-state index contributed by atoms with van der Waals surface area (Å²) in [6, 6.07) is 21.1. The van der Waals surface area contributed by atoms with Crippen molar-refractivity contribution >= 4 is 0 Å². The molecule has 4 rings (SSSR count). The fourth-order valence-electron chi connectivity index (χ4n) is 3.99. The van der Waals surface area contributed by atoms with E-state index in [1.165, 1.54) is 11.1 Å². The summed E-state index contributed by atoms with van der Waals surface area (Å²) in [6.07, 6.45) is 6.36. The maximum atomic E-state index is 6.37. The van der Waals surface area contributed by atoms with Crippen LogP contribution in [0, 0.1) is 0 Å². The van der Waals surface area contributed by atoms with Crippen molar-refractivity contribution in [3.05, 3.63) is 90.0 Å². The number of aromatic amines is 1. The summed E-state index contributed by atoms with van der Waals surface area (Å²) in [5, 5.41) is 0. The molecular weight excluding hydrogens is 336 g/mol. The summed E-state index contributed by atoms with van der Waals surface area (Å²) < 4.78 is 12.2. The number of nitrogens with one attached hydrogen (secondary N) is 1. The van der Waals surface area contributed by atoms with E-state index >= 15 is 0 Å². The quantitative estimate of drug-likeness (QED) is 0.687. The number of imidazole rings is 1. The van der Waals surface area contributed by atoms with Crippen LogP contribution in [0.3, 0.4) is 0 Å². The van der Waals surface area contributed by atoms with Gasteiger partial charge in [0.05, 0.1) is 25.4 Å². The second kappa shape index (κ2) is 8.51. The molecular formula is C23H26N2O2. The third-order valence-electron chi connectivity index (χ3n) is 5.22. The fraction of sp³-hybridized carbons (Fsp3) is 0.348. The molecule has 1 saturated heterocycles. The van der Waals surface area contributed by atoms with Gasteiger partial charge in [-0.15, -0.1) is 0 Å². The molecule has 1 fully saturated rings. The number of hydrogen-bond acceptors (Lipinski definition) is 3. The minimum atomic E-state index is -0.328. The van der Waals surface area contributed by atoms with Gasteiger partial charge in [0.25, 0.3) is 0 Å². The van der Waals surface area contributed by atoms with Gasteiger partial charge >= 0.3 is 0 Å². The van der Waals surface area contributed by atoms with E-state index in [9.17, 15) is 0 Å². The lowest BCUT2D eigenvalue weighted by Gasteiger charge is -2.39. The Kier molecular flexibility index (Phi) is 5.66. The Morgan fingerprint density at radius 1 is 0.963 bits per heavy atom. The predicted octanol–water partition coefficient (Wildman–Crippen LogP) is 4.15. The molecule has 4 nitrogen and oxygen atoms in total. The summed E-state index contributed by atoms with van der Waals surface area (Å²) in [5.74, 6) is 1.26. The summed E-state index contributed by atoms with van der Waals surface area (Å²) in [4.78, 5) is 7.89. The van der Waals surface area contributed by atoms with Crippen molar-refractivity contribution in [2.45, 2.75) is 30.8 Å². The molecule has 2 aromatic carbocycles. The van der Waals surface area contributed by atoms with Gasteiger partial charge in [0.15, 0.2) is 0 Å². The molecule has 1 aromatic heterocycles. The van der Waals surface area contributed by atoms with Crippen LogP contribution in [-0.2, 0) is 22.3 Å². The van der Waals surface area contributed by atoms with Gasteiger partial charge in [-0.1, -0.05) is 60.7 Å². The largest absolute Gasteiger partial charge is 0.376 e. The zero-order chi connectivity index (χ0) is 18.4. The lowest BCUT2D eigenvalue weighted by molar-refractivity contribution is -0.162. The standard InChI is InChI=1S/C23H26N2O2/c1-3-7-19(8-4-1)15-21(22-24-11-12-25-22)17-23(18-26-13-14-27-23)16-20-9-5-2-6-10-20/h1-12,21H,13-18H2,(H,24,25). The summed E-state index contributed by atoms with van der Waals surface area (Å²) in [6.45, 7) is 1.93. The minimum Gasteiger partial charge on any atom is -0.376 e. The second-order valence-electron chi connectivity index (χ2n) is 7.31. The van der Waals surface area contributed by atoms with Gasteiger partial charge in [0, 0.05) is 24.7 Å². The highest BCUT2D eigenvalue weighted by atomic mass is 16.6. The Morgan fingerprint density at radius 3 is 2.33 bits per heavy atom. The van der Waals surface area contributed by atoms with Gasteiger partial charge in [-0.2, -0.15) is 0 Å². The first-order valence-corrected chi connectivity index (χ1v) is 9.62. The Hall–Kier alpha value is -2.43. The highest BCUT2D eigenvalue weighted by Gasteiger charge is 2.38. The number of hydrogen-bond donors (Lipinski definition) is 1. The van der Waals surface area contributed by atoms with Crippen LogP contribution in [0.1, 0.15) is 29.3 Å². The summed E-state index contributed by atoms with van der Waals surface area (Å²) in [5.41, 5.74) is 2.26. The number of H-pyrrole nitrogens is 1. The van der Waals surface area contributed by atoms with Gasteiger partial charge in [-0.05, 0) is 24.0 Å². The van der Waals surface area contributed by atoms with E-state index < -0.39 is 0 Å². The van der Waals surface area contributed by atoms with Crippen molar-refractivity contribution in [1.29, 1.82) is 0 Å². The van der Waals surface area contributed by atoms with Crippen LogP contribution in [-0.4, -0.2) is 35.4 Å². The molecule has 1 N–H and O–H groups in total. The highest BCUT2D eigenvalue weighted by Crippen LogP contribution is 2.34. The molecule has 0 saturated carbocycles. The number of rotatable bonds is 7. The van der Waals surface area contributed by atoms with E-state index in [-0.39, 0.29) is 11.5 Å². The number of nitrogens with zero attached hydrogens (tertiary/aromatic N) is 1. The van der Waals surface area contributed by atoms with Crippen molar-refractivity contribution < 1.29 is 9.47 Å². The average Bonchev–Trinajstić information content (AvgIpc) is 3.25. The molecule has 1 aliphatic rings. The lowest BCUT2D eigenvalue weighted by atomic mass is 9.82. The lowest BCUT2D eigenvalue weighted by Crippen LogP contribution is -2.46. The van der Waals surface area contributed by atoms with Crippen molar-refractivity contribution in [1.82, 2.24) is 9.97 Å². The zero-order valence-electron chi connectivity index (χ0n) is 15.5. The van der Waals surface area contributed by atoms with Crippen LogP contribution in [0.15, 0.2) is 73.1 Å². The SMILES string of the molecule is c1ccc(CC(CC2(Cc3ccccc3)COCCO2)c2ncc[nH]2)cc1. The molecule has 27 heavy (non-hydrogen) atoms. The first kappa shape index (κ1) is 18.0. The molecule has 2 atom stereocenters. The number of ether oxygens (including phenoxy) is 2. The smallest absolute Gasteiger partial charge is 0.109 e. The topological polar surface area (TPSA) is 47.1 Å². The maximum absolute atomic E-state index is 6.37. The number of aromatic nitrogens is 2. The molecule has 0 spiro atoms. The molecule has 0 amide bonds. The molecule has 0 aliphatic carbocycles. The van der Waals surface area contributed by atoms with Crippen LogP contribution < -0.4 is 0 Å². The maximum Gasteiger partial charge on any atom is 0.109 e. The molecule has 4 heteroatoms. The molecule has 3 aromatic rings. The van der Waals surface area contributed by atoms with Crippen LogP contribution in [0.25, 0.3) is 0 Å². The van der Waals surface area contributed by atoms with Gasteiger partial charge in [0.2, 0.25) is 0 Å². The van der Waals surface area contributed by atoms with Crippen molar-refractivity contribution in [3.8, 4) is 0 Å². The Morgan fingerprint density at radius 2 is 1.70 bits per heavy atom. The van der Waals surface area contributed by atoms with Crippen LogP contribution in [0.2, 0.25) is 0 Å². The van der Waals surface area contributed by atoms with E-state index in [0.29, 0.717) is 19.8 Å². The van der Waals surface area contributed by atoms with Crippen molar-refractivity contribution in [2.75, 3.05) is 19.8 Å². The molecule has 2 unspecified atom stereocenters. The second-order valence-corrected chi connectivity index (χ2v) is 7.31. The highest BCUT2D eigenvalue weighted by molar-refractivity contribution is 5.21. The third-order valence-corrected chi connectivity index (χ3v) is 5.22. The first-order valence-electron chi connectivity index (χ1n) is 9.62. The first-order chi connectivity index (χ1) is 13.3. The molecule has 140 valence electrons. The summed E-state index contributed by atoms with van der Waals surface area (Å²) >= 11 is 0. The average molecular weight is 362 g/mol. The Labute approximate surface area is 160 Å². The minimum absolute atomic E-state index is 0.243.